The van der Waals surface area contributed by atoms with Gasteiger partial charge in [0, 0.05) is 11.2 Å². The number of rotatable bonds is 3. The summed E-state index contributed by atoms with van der Waals surface area (Å²) in [6.07, 6.45) is 3.69. The number of amides is 1. The second kappa shape index (κ2) is 4.18. The molecular formula is C14H13ClN2O. The normalized spacial score (nSPS) is 16.3. The van der Waals surface area contributed by atoms with Gasteiger partial charge in [-0.05, 0) is 42.7 Å². The summed E-state index contributed by atoms with van der Waals surface area (Å²) < 4.78 is 0. The third-order valence-corrected chi connectivity index (χ3v) is 3.59. The lowest BCUT2D eigenvalue weighted by molar-refractivity contribution is 0.0926. The topological polar surface area (TPSA) is 44.9 Å². The monoisotopic (exact) mass is 260 g/mol. The molecule has 1 amide bonds. The first-order valence-electron chi connectivity index (χ1n) is 5.92. The summed E-state index contributed by atoms with van der Waals surface area (Å²) in [7, 11) is 0. The van der Waals surface area contributed by atoms with Gasteiger partial charge in [0.05, 0.1) is 5.54 Å². The van der Waals surface area contributed by atoms with Crippen LogP contribution >= 0.6 is 11.6 Å². The van der Waals surface area contributed by atoms with Gasteiger partial charge in [0.2, 0.25) is 0 Å². The molecule has 1 fully saturated rings. The Morgan fingerprint density at radius 1 is 1.22 bits per heavy atom. The Morgan fingerprint density at radius 3 is 2.50 bits per heavy atom. The first-order chi connectivity index (χ1) is 8.70. The fraction of sp³-hybridized carbons (Fsp3) is 0.214. The Labute approximate surface area is 110 Å². The number of carbonyl (C=O) groups is 1. The maximum absolute atomic E-state index is 12.0. The maximum Gasteiger partial charge on any atom is 0.268 e. The second-order valence-electron chi connectivity index (χ2n) is 4.63. The van der Waals surface area contributed by atoms with Crippen LogP contribution in [0.4, 0.5) is 0 Å². The third-order valence-electron chi connectivity index (χ3n) is 3.34. The van der Waals surface area contributed by atoms with Gasteiger partial charge in [-0.3, -0.25) is 4.79 Å². The fourth-order valence-electron chi connectivity index (χ4n) is 2.14. The van der Waals surface area contributed by atoms with E-state index in [0.717, 1.165) is 18.4 Å². The minimum atomic E-state index is -0.202. The molecule has 0 saturated heterocycles. The number of nitrogens with one attached hydrogen (secondary N) is 2. The van der Waals surface area contributed by atoms with Gasteiger partial charge in [-0.2, -0.15) is 0 Å². The smallest absolute Gasteiger partial charge is 0.268 e. The summed E-state index contributed by atoms with van der Waals surface area (Å²) in [5, 5.41) is 3.81. The van der Waals surface area contributed by atoms with E-state index >= 15 is 0 Å². The van der Waals surface area contributed by atoms with Crippen LogP contribution in [0.25, 0.3) is 0 Å². The van der Waals surface area contributed by atoms with Crippen LogP contribution in [0.2, 0.25) is 5.02 Å². The van der Waals surface area contributed by atoms with Crippen LogP contribution in [0.5, 0.6) is 0 Å². The van der Waals surface area contributed by atoms with E-state index in [0.29, 0.717) is 10.7 Å². The van der Waals surface area contributed by atoms with Crippen molar-refractivity contribution < 1.29 is 4.79 Å². The zero-order valence-electron chi connectivity index (χ0n) is 9.74. The molecule has 0 atom stereocenters. The van der Waals surface area contributed by atoms with Crippen LogP contribution in [-0.4, -0.2) is 10.9 Å². The Bertz CT molecular complexity index is 556. The van der Waals surface area contributed by atoms with E-state index in [4.69, 9.17) is 11.6 Å². The summed E-state index contributed by atoms with van der Waals surface area (Å²) in [4.78, 5) is 14.9. The molecule has 0 bridgehead atoms. The molecule has 18 heavy (non-hydrogen) atoms. The quantitative estimate of drug-likeness (QED) is 0.875. The van der Waals surface area contributed by atoms with E-state index in [1.165, 1.54) is 0 Å². The van der Waals surface area contributed by atoms with Crippen molar-refractivity contribution in [1.29, 1.82) is 0 Å². The Kier molecular flexibility index (Phi) is 2.63. The van der Waals surface area contributed by atoms with Crippen molar-refractivity contribution in [3.63, 3.8) is 0 Å². The van der Waals surface area contributed by atoms with E-state index in [9.17, 15) is 4.79 Å². The maximum atomic E-state index is 12.0. The predicted octanol–water partition coefficient (Wildman–Crippen LogP) is 3.09. The lowest BCUT2D eigenvalue weighted by Gasteiger charge is -2.17. The lowest BCUT2D eigenvalue weighted by atomic mass is 10.0. The van der Waals surface area contributed by atoms with Gasteiger partial charge < -0.3 is 10.3 Å². The highest BCUT2D eigenvalue weighted by atomic mass is 35.5. The van der Waals surface area contributed by atoms with Crippen molar-refractivity contribution in [1.82, 2.24) is 10.3 Å². The van der Waals surface area contributed by atoms with Crippen LogP contribution in [0.15, 0.2) is 42.6 Å². The number of aromatic amines is 1. The molecule has 1 saturated carbocycles. The van der Waals surface area contributed by atoms with Gasteiger partial charge in [0.15, 0.2) is 0 Å². The number of benzene rings is 1. The van der Waals surface area contributed by atoms with E-state index in [1.807, 2.05) is 30.3 Å². The predicted molar refractivity (Wildman–Crippen MR) is 70.6 cm³/mol. The molecule has 3 nitrogen and oxygen atoms in total. The molecule has 1 aliphatic carbocycles. The van der Waals surface area contributed by atoms with Crippen LogP contribution in [0.3, 0.4) is 0 Å². The van der Waals surface area contributed by atoms with Gasteiger partial charge in [0.1, 0.15) is 5.69 Å². The van der Waals surface area contributed by atoms with Crippen LogP contribution in [0, 0.1) is 0 Å². The summed E-state index contributed by atoms with van der Waals surface area (Å²) in [5.41, 5.74) is 1.51. The molecule has 4 heteroatoms. The minimum Gasteiger partial charge on any atom is -0.357 e. The number of aromatic nitrogens is 1. The molecule has 3 rings (SSSR count). The Morgan fingerprint density at radius 2 is 1.94 bits per heavy atom. The van der Waals surface area contributed by atoms with Gasteiger partial charge in [0.25, 0.3) is 5.91 Å². The fourth-order valence-corrected chi connectivity index (χ4v) is 2.26. The SMILES string of the molecule is O=C(NC1(c2ccc(Cl)cc2)CC1)c1ccc[nH]1. The molecule has 0 spiro atoms. The molecule has 1 aliphatic rings. The highest BCUT2D eigenvalue weighted by Gasteiger charge is 2.45. The van der Waals surface area contributed by atoms with Crippen molar-refractivity contribution in [3.05, 3.63) is 58.9 Å². The third kappa shape index (κ3) is 2.02. The van der Waals surface area contributed by atoms with Crippen molar-refractivity contribution >= 4 is 17.5 Å². The molecule has 2 aromatic rings. The molecule has 1 aromatic heterocycles. The number of carbonyl (C=O) groups excluding carboxylic acids is 1. The number of halogens is 1. The first-order valence-corrected chi connectivity index (χ1v) is 6.29. The number of hydrogen-bond acceptors (Lipinski definition) is 1. The van der Waals surface area contributed by atoms with Crippen molar-refractivity contribution in [3.8, 4) is 0 Å². The van der Waals surface area contributed by atoms with Gasteiger partial charge in [-0.25, -0.2) is 0 Å². The summed E-state index contributed by atoms with van der Waals surface area (Å²) in [6.45, 7) is 0. The van der Waals surface area contributed by atoms with Gasteiger partial charge >= 0.3 is 0 Å². The van der Waals surface area contributed by atoms with E-state index < -0.39 is 0 Å². The van der Waals surface area contributed by atoms with E-state index in [-0.39, 0.29) is 11.4 Å². The van der Waals surface area contributed by atoms with Crippen LogP contribution in [-0.2, 0) is 5.54 Å². The van der Waals surface area contributed by atoms with Crippen LogP contribution < -0.4 is 5.32 Å². The zero-order chi connectivity index (χ0) is 12.6. The highest BCUT2D eigenvalue weighted by molar-refractivity contribution is 6.30. The number of hydrogen-bond donors (Lipinski definition) is 2. The molecule has 92 valence electrons. The molecule has 1 heterocycles. The second-order valence-corrected chi connectivity index (χ2v) is 5.06. The molecule has 0 radical (unpaired) electrons. The zero-order valence-corrected chi connectivity index (χ0v) is 10.5. The molecular weight excluding hydrogens is 248 g/mol. The summed E-state index contributed by atoms with van der Waals surface area (Å²) >= 11 is 5.88. The summed E-state index contributed by atoms with van der Waals surface area (Å²) in [5.74, 6) is -0.0625. The minimum absolute atomic E-state index is 0.0625. The molecule has 0 aliphatic heterocycles. The van der Waals surface area contributed by atoms with Crippen molar-refractivity contribution in [2.45, 2.75) is 18.4 Å². The highest BCUT2D eigenvalue weighted by Crippen LogP contribution is 2.45. The average Bonchev–Trinajstić information content (AvgIpc) is 2.94. The largest absolute Gasteiger partial charge is 0.357 e. The summed E-state index contributed by atoms with van der Waals surface area (Å²) in [6, 6.07) is 11.3. The molecule has 2 N–H and O–H groups in total. The van der Waals surface area contributed by atoms with Crippen molar-refractivity contribution in [2.24, 2.45) is 0 Å². The van der Waals surface area contributed by atoms with Gasteiger partial charge in [-0.1, -0.05) is 23.7 Å². The first kappa shape index (κ1) is 11.4. The van der Waals surface area contributed by atoms with E-state index in [1.54, 1.807) is 12.3 Å². The Balaban J connectivity index is 1.80. The Hall–Kier alpha value is -1.74. The average molecular weight is 261 g/mol. The van der Waals surface area contributed by atoms with Gasteiger partial charge in [-0.15, -0.1) is 0 Å². The molecule has 1 aromatic carbocycles. The van der Waals surface area contributed by atoms with Crippen LogP contribution in [0.1, 0.15) is 28.9 Å². The standard InChI is InChI=1S/C14H13ClN2O/c15-11-5-3-10(4-6-11)14(7-8-14)17-13(18)12-2-1-9-16-12/h1-6,9,16H,7-8H2,(H,17,18). The number of H-pyrrole nitrogens is 1. The van der Waals surface area contributed by atoms with E-state index in [2.05, 4.69) is 10.3 Å². The lowest BCUT2D eigenvalue weighted by Crippen LogP contribution is -2.34. The van der Waals surface area contributed by atoms with Crippen molar-refractivity contribution in [2.75, 3.05) is 0 Å². The molecule has 0 unspecified atom stereocenters.